The van der Waals surface area contributed by atoms with Crippen molar-refractivity contribution in [3.05, 3.63) is 12.2 Å². The van der Waals surface area contributed by atoms with E-state index in [9.17, 15) is 0 Å². The average molecular weight is 212 g/mol. The van der Waals surface area contributed by atoms with Crippen LogP contribution in [0.25, 0.3) is 0 Å². The van der Waals surface area contributed by atoms with Crippen LogP contribution in [0.3, 0.4) is 0 Å². The third kappa shape index (κ3) is 7.57. The maximum absolute atomic E-state index is 5.82. The minimum absolute atomic E-state index is 0.136. The molecule has 0 bridgehead atoms. The van der Waals surface area contributed by atoms with Crippen molar-refractivity contribution in [3.8, 4) is 0 Å². The lowest BCUT2D eigenvalue weighted by atomic mass is 9.94. The maximum atomic E-state index is 5.82. The van der Waals surface area contributed by atoms with E-state index in [2.05, 4.69) is 38.2 Å². The van der Waals surface area contributed by atoms with Crippen LogP contribution in [0.5, 0.6) is 0 Å². The second-order valence-corrected chi connectivity index (χ2v) is 4.51. The maximum Gasteiger partial charge on any atom is 0.0275 e. The molecule has 0 aliphatic rings. The summed E-state index contributed by atoms with van der Waals surface area (Å²) in [5, 5.41) is 3.56. The van der Waals surface area contributed by atoms with E-state index in [0.717, 1.165) is 19.5 Å². The van der Waals surface area contributed by atoms with Gasteiger partial charge < -0.3 is 11.1 Å². The lowest BCUT2D eigenvalue weighted by Crippen LogP contribution is -2.48. The molecule has 0 saturated carbocycles. The van der Waals surface area contributed by atoms with E-state index >= 15 is 0 Å². The predicted octanol–water partition coefficient (Wildman–Crippen LogP) is 2.84. The molecule has 0 heterocycles. The summed E-state index contributed by atoms with van der Waals surface area (Å²) in [7, 11) is 0. The van der Waals surface area contributed by atoms with Gasteiger partial charge in [0.1, 0.15) is 0 Å². The van der Waals surface area contributed by atoms with Gasteiger partial charge in [-0.25, -0.2) is 0 Å². The standard InChI is InChI=1S/C13H28N2/c1-4-6-8-10-13(3,12-14)15-11-9-7-5-2/h5,7,15H,4,6,8-12,14H2,1-3H3/b7-5+. The Morgan fingerprint density at radius 2 is 2.07 bits per heavy atom. The van der Waals surface area contributed by atoms with Crippen LogP contribution in [0.1, 0.15) is 52.9 Å². The number of hydrogen-bond donors (Lipinski definition) is 2. The number of hydrogen-bond acceptors (Lipinski definition) is 2. The van der Waals surface area contributed by atoms with Gasteiger partial charge in [-0.2, -0.15) is 0 Å². The van der Waals surface area contributed by atoms with Gasteiger partial charge in [-0.3, -0.25) is 0 Å². The van der Waals surface area contributed by atoms with Crippen LogP contribution < -0.4 is 11.1 Å². The minimum atomic E-state index is 0.136. The lowest BCUT2D eigenvalue weighted by molar-refractivity contribution is 0.331. The van der Waals surface area contributed by atoms with Crippen molar-refractivity contribution in [2.45, 2.75) is 58.4 Å². The summed E-state index contributed by atoms with van der Waals surface area (Å²) in [6.07, 6.45) is 10.4. The zero-order valence-corrected chi connectivity index (χ0v) is 10.7. The molecule has 0 amide bonds. The summed E-state index contributed by atoms with van der Waals surface area (Å²) >= 11 is 0. The quantitative estimate of drug-likeness (QED) is 0.455. The summed E-state index contributed by atoms with van der Waals surface area (Å²) < 4.78 is 0. The summed E-state index contributed by atoms with van der Waals surface area (Å²) in [5.41, 5.74) is 5.96. The van der Waals surface area contributed by atoms with Crippen LogP contribution in [-0.2, 0) is 0 Å². The van der Waals surface area contributed by atoms with Crippen molar-refractivity contribution < 1.29 is 0 Å². The molecule has 1 unspecified atom stereocenters. The SMILES string of the molecule is C/C=C/CCNC(C)(CN)CCCCC. The van der Waals surface area contributed by atoms with Gasteiger partial charge in [0.05, 0.1) is 0 Å². The Morgan fingerprint density at radius 1 is 1.33 bits per heavy atom. The normalized spacial score (nSPS) is 15.7. The van der Waals surface area contributed by atoms with Gasteiger partial charge in [-0.05, 0) is 33.2 Å². The van der Waals surface area contributed by atoms with Crippen molar-refractivity contribution in [2.24, 2.45) is 5.73 Å². The number of allylic oxidation sites excluding steroid dienone is 1. The molecule has 0 saturated heterocycles. The molecule has 2 nitrogen and oxygen atoms in total. The smallest absolute Gasteiger partial charge is 0.0275 e. The van der Waals surface area contributed by atoms with Gasteiger partial charge in [-0.1, -0.05) is 38.3 Å². The van der Waals surface area contributed by atoms with Crippen molar-refractivity contribution in [1.29, 1.82) is 0 Å². The zero-order valence-electron chi connectivity index (χ0n) is 10.7. The first-order valence-electron chi connectivity index (χ1n) is 6.24. The molecule has 0 aromatic carbocycles. The van der Waals surface area contributed by atoms with Crippen molar-refractivity contribution in [2.75, 3.05) is 13.1 Å². The molecular formula is C13H28N2. The molecule has 0 aliphatic carbocycles. The highest BCUT2D eigenvalue weighted by molar-refractivity contribution is 4.86. The lowest BCUT2D eigenvalue weighted by Gasteiger charge is -2.29. The van der Waals surface area contributed by atoms with E-state index in [4.69, 9.17) is 5.73 Å². The molecule has 0 spiro atoms. The number of nitrogens with two attached hydrogens (primary N) is 1. The van der Waals surface area contributed by atoms with E-state index in [1.54, 1.807) is 0 Å². The number of unbranched alkanes of at least 4 members (excludes halogenated alkanes) is 2. The molecule has 0 rings (SSSR count). The fraction of sp³-hybridized carbons (Fsp3) is 0.846. The molecule has 1 atom stereocenters. The van der Waals surface area contributed by atoms with Crippen LogP contribution >= 0.6 is 0 Å². The van der Waals surface area contributed by atoms with Crippen LogP contribution in [-0.4, -0.2) is 18.6 Å². The number of nitrogens with one attached hydrogen (secondary N) is 1. The third-order valence-corrected chi connectivity index (χ3v) is 2.88. The van der Waals surface area contributed by atoms with Gasteiger partial charge in [0.25, 0.3) is 0 Å². The Bertz CT molecular complexity index is 166. The first-order chi connectivity index (χ1) is 7.18. The fourth-order valence-corrected chi connectivity index (χ4v) is 1.65. The molecule has 0 aromatic rings. The summed E-state index contributed by atoms with van der Waals surface area (Å²) in [6.45, 7) is 8.29. The molecule has 0 radical (unpaired) electrons. The zero-order chi connectivity index (χ0) is 11.6. The molecule has 0 fully saturated rings. The first-order valence-corrected chi connectivity index (χ1v) is 6.24. The Morgan fingerprint density at radius 3 is 2.60 bits per heavy atom. The minimum Gasteiger partial charge on any atom is -0.329 e. The highest BCUT2D eigenvalue weighted by Crippen LogP contribution is 2.13. The van der Waals surface area contributed by atoms with Crippen LogP contribution in [0.15, 0.2) is 12.2 Å². The Balaban J connectivity index is 3.74. The number of rotatable bonds is 9. The van der Waals surface area contributed by atoms with Gasteiger partial charge in [0.2, 0.25) is 0 Å². The second-order valence-electron chi connectivity index (χ2n) is 4.51. The summed E-state index contributed by atoms with van der Waals surface area (Å²) in [4.78, 5) is 0. The van der Waals surface area contributed by atoms with E-state index in [-0.39, 0.29) is 5.54 Å². The van der Waals surface area contributed by atoms with Crippen molar-refractivity contribution >= 4 is 0 Å². The van der Waals surface area contributed by atoms with E-state index in [1.807, 2.05) is 0 Å². The second kappa shape index (κ2) is 8.93. The molecule has 0 aromatic heterocycles. The topological polar surface area (TPSA) is 38.0 Å². The van der Waals surface area contributed by atoms with Crippen LogP contribution in [0.4, 0.5) is 0 Å². The van der Waals surface area contributed by atoms with E-state index < -0.39 is 0 Å². The molecular weight excluding hydrogens is 184 g/mol. The Labute approximate surface area is 95.3 Å². The predicted molar refractivity (Wildman–Crippen MR) is 69.0 cm³/mol. The van der Waals surface area contributed by atoms with Gasteiger partial charge in [0, 0.05) is 12.1 Å². The van der Waals surface area contributed by atoms with Crippen LogP contribution in [0, 0.1) is 0 Å². The first kappa shape index (κ1) is 14.7. The molecule has 3 N–H and O–H groups in total. The average Bonchev–Trinajstić information content (AvgIpc) is 2.25. The third-order valence-electron chi connectivity index (χ3n) is 2.88. The molecule has 15 heavy (non-hydrogen) atoms. The van der Waals surface area contributed by atoms with Crippen molar-refractivity contribution in [3.63, 3.8) is 0 Å². The highest BCUT2D eigenvalue weighted by Gasteiger charge is 2.19. The van der Waals surface area contributed by atoms with Gasteiger partial charge >= 0.3 is 0 Å². The van der Waals surface area contributed by atoms with E-state index in [1.165, 1.54) is 25.7 Å². The Hall–Kier alpha value is -0.340. The summed E-state index contributed by atoms with van der Waals surface area (Å²) in [5.74, 6) is 0. The van der Waals surface area contributed by atoms with Gasteiger partial charge in [0.15, 0.2) is 0 Å². The Kier molecular flexibility index (Phi) is 8.73. The van der Waals surface area contributed by atoms with Gasteiger partial charge in [-0.15, -0.1) is 0 Å². The molecule has 90 valence electrons. The van der Waals surface area contributed by atoms with Crippen LogP contribution in [0.2, 0.25) is 0 Å². The largest absolute Gasteiger partial charge is 0.329 e. The summed E-state index contributed by atoms with van der Waals surface area (Å²) in [6, 6.07) is 0. The van der Waals surface area contributed by atoms with E-state index in [0.29, 0.717) is 0 Å². The molecule has 2 heteroatoms. The fourth-order valence-electron chi connectivity index (χ4n) is 1.65. The highest BCUT2D eigenvalue weighted by atomic mass is 15.0. The monoisotopic (exact) mass is 212 g/mol. The van der Waals surface area contributed by atoms with Crippen molar-refractivity contribution in [1.82, 2.24) is 5.32 Å². The molecule has 0 aliphatic heterocycles.